The minimum Gasteiger partial charge on any atom is -0.148 e. The molecule has 4 atom stereocenters. The van der Waals surface area contributed by atoms with E-state index in [-0.39, 0.29) is 0 Å². The summed E-state index contributed by atoms with van der Waals surface area (Å²) in [5, 5.41) is 0. The fourth-order valence-corrected chi connectivity index (χ4v) is 10.2. The van der Waals surface area contributed by atoms with Crippen LogP contribution in [-0.4, -0.2) is 9.49 Å². The molecule has 0 aromatic heterocycles. The zero-order chi connectivity index (χ0) is 21.8. The Morgan fingerprint density at radius 3 is 1.34 bits per heavy atom. The molecule has 0 aromatic rings. The van der Waals surface area contributed by atoms with E-state index >= 15 is 0 Å². The molecule has 4 unspecified atom stereocenters. The van der Waals surface area contributed by atoms with E-state index in [1.54, 1.807) is 0 Å². The Morgan fingerprint density at radius 2 is 1.03 bits per heavy atom. The predicted octanol–water partition coefficient (Wildman–Crippen LogP) is 10.1. The zero-order valence-corrected chi connectivity index (χ0v) is 22.3. The fourth-order valence-electron chi connectivity index (χ4n) is 7.17. The lowest BCUT2D eigenvalue weighted by Gasteiger charge is -2.58. The van der Waals surface area contributed by atoms with Crippen LogP contribution in [0.3, 0.4) is 0 Å². The van der Waals surface area contributed by atoms with Crippen LogP contribution in [0.15, 0.2) is 0 Å². The van der Waals surface area contributed by atoms with E-state index in [1.165, 1.54) is 89.9 Å². The van der Waals surface area contributed by atoms with Gasteiger partial charge in [-0.1, -0.05) is 107 Å². The molecule has 0 radical (unpaired) electrons. The molecule has 0 amide bonds. The summed E-state index contributed by atoms with van der Waals surface area (Å²) in [4.78, 5) is 0. The van der Waals surface area contributed by atoms with Crippen molar-refractivity contribution in [3.05, 3.63) is 0 Å². The Bertz CT molecular complexity index is 438. The number of hydrogen-bond acceptors (Lipinski definition) is 1. The number of unbranched alkanes of at least 4 members (excludes halogenated alkanes) is 2. The summed E-state index contributed by atoms with van der Waals surface area (Å²) in [5.41, 5.74) is 0.859. The van der Waals surface area contributed by atoms with Crippen molar-refractivity contribution in [2.75, 3.05) is 0 Å². The molecule has 172 valence electrons. The number of rotatable bonds is 8. The van der Waals surface area contributed by atoms with Gasteiger partial charge in [-0.25, -0.2) is 0 Å². The van der Waals surface area contributed by atoms with Crippen LogP contribution >= 0.6 is 11.8 Å². The van der Waals surface area contributed by atoms with E-state index in [4.69, 9.17) is 0 Å². The molecule has 0 N–H and O–H groups in total. The first-order valence-electron chi connectivity index (χ1n) is 13.2. The van der Waals surface area contributed by atoms with Gasteiger partial charge in [0, 0.05) is 9.49 Å². The third-order valence-electron chi connectivity index (χ3n) is 8.36. The summed E-state index contributed by atoms with van der Waals surface area (Å²) < 4.78 is 1.03. The largest absolute Gasteiger partial charge is 0.148 e. The SMILES string of the molecule is CCCCC1(SC2(CCCC)CCCCC2C(C)(C)C)CCCCC1C(C)(C)C. The van der Waals surface area contributed by atoms with Gasteiger partial charge in [0.2, 0.25) is 0 Å². The van der Waals surface area contributed by atoms with Crippen molar-refractivity contribution >= 4 is 11.8 Å². The molecule has 2 saturated carbocycles. The molecule has 2 rings (SSSR count). The van der Waals surface area contributed by atoms with Crippen molar-refractivity contribution in [3.63, 3.8) is 0 Å². The van der Waals surface area contributed by atoms with E-state index in [0.717, 1.165) is 11.8 Å². The lowest BCUT2D eigenvalue weighted by molar-refractivity contribution is 0.105. The van der Waals surface area contributed by atoms with E-state index < -0.39 is 0 Å². The van der Waals surface area contributed by atoms with Gasteiger partial charge >= 0.3 is 0 Å². The second-order valence-corrected chi connectivity index (χ2v) is 14.6. The molecular weight excluding hydrogens is 368 g/mol. The van der Waals surface area contributed by atoms with Crippen LogP contribution in [0.2, 0.25) is 0 Å². The highest BCUT2D eigenvalue weighted by Crippen LogP contribution is 2.63. The fraction of sp³-hybridized carbons (Fsp3) is 1.00. The van der Waals surface area contributed by atoms with Crippen molar-refractivity contribution in [1.82, 2.24) is 0 Å². The normalized spacial score (nSPS) is 34.3. The quantitative estimate of drug-likeness (QED) is 0.375. The summed E-state index contributed by atoms with van der Waals surface area (Å²) >= 11 is 2.59. The first-order chi connectivity index (χ1) is 13.5. The summed E-state index contributed by atoms with van der Waals surface area (Å²) in [5.74, 6) is 1.75. The third-order valence-corrected chi connectivity index (χ3v) is 10.6. The number of thioether (sulfide) groups is 1. The summed E-state index contributed by atoms with van der Waals surface area (Å²) in [6, 6.07) is 0. The Morgan fingerprint density at radius 1 is 0.655 bits per heavy atom. The second kappa shape index (κ2) is 10.3. The monoisotopic (exact) mass is 422 g/mol. The molecule has 0 aliphatic heterocycles. The molecule has 29 heavy (non-hydrogen) atoms. The topological polar surface area (TPSA) is 0 Å². The summed E-state index contributed by atoms with van der Waals surface area (Å²) in [6.45, 7) is 20.1. The summed E-state index contributed by atoms with van der Waals surface area (Å²) in [6.07, 6.45) is 20.2. The van der Waals surface area contributed by atoms with Gasteiger partial charge in [-0.15, -0.1) is 11.8 Å². The van der Waals surface area contributed by atoms with Crippen molar-refractivity contribution in [3.8, 4) is 0 Å². The van der Waals surface area contributed by atoms with Gasteiger partial charge in [0.15, 0.2) is 0 Å². The molecule has 1 heteroatoms. The van der Waals surface area contributed by atoms with Gasteiger partial charge in [0.1, 0.15) is 0 Å². The van der Waals surface area contributed by atoms with Crippen molar-refractivity contribution < 1.29 is 0 Å². The maximum atomic E-state index is 2.59. The molecule has 0 nitrogen and oxygen atoms in total. The highest BCUT2D eigenvalue weighted by molar-refractivity contribution is 8.02. The lowest BCUT2D eigenvalue weighted by Crippen LogP contribution is -2.52. The Labute approximate surface area is 189 Å². The van der Waals surface area contributed by atoms with E-state index in [1.807, 2.05) is 0 Å². The molecule has 2 aliphatic rings. The van der Waals surface area contributed by atoms with Gasteiger partial charge in [0.25, 0.3) is 0 Å². The van der Waals surface area contributed by atoms with Gasteiger partial charge in [0.05, 0.1) is 0 Å². The molecular formula is C28H54S. The van der Waals surface area contributed by atoms with Gasteiger partial charge in [-0.05, 0) is 61.2 Å². The number of hydrogen-bond donors (Lipinski definition) is 0. The van der Waals surface area contributed by atoms with Gasteiger partial charge in [-0.3, -0.25) is 0 Å². The highest BCUT2D eigenvalue weighted by atomic mass is 32.2. The third kappa shape index (κ3) is 6.20. The molecule has 2 fully saturated rings. The van der Waals surface area contributed by atoms with Crippen LogP contribution in [0.4, 0.5) is 0 Å². The first kappa shape index (κ1) is 25.6. The zero-order valence-electron chi connectivity index (χ0n) is 21.5. The van der Waals surface area contributed by atoms with Crippen LogP contribution in [0.1, 0.15) is 145 Å². The van der Waals surface area contributed by atoms with Crippen LogP contribution in [-0.2, 0) is 0 Å². The molecule has 0 saturated heterocycles. The van der Waals surface area contributed by atoms with E-state index in [9.17, 15) is 0 Å². The van der Waals surface area contributed by atoms with E-state index in [0.29, 0.717) is 20.3 Å². The Balaban J connectivity index is 2.49. The Kier molecular flexibility index (Phi) is 9.11. The lowest BCUT2D eigenvalue weighted by atomic mass is 9.63. The average molecular weight is 423 g/mol. The van der Waals surface area contributed by atoms with Crippen LogP contribution in [0.5, 0.6) is 0 Å². The molecule has 0 aromatic carbocycles. The second-order valence-electron chi connectivity index (χ2n) is 12.8. The smallest absolute Gasteiger partial charge is 0.0198 e. The van der Waals surface area contributed by atoms with Gasteiger partial charge in [-0.2, -0.15) is 0 Å². The van der Waals surface area contributed by atoms with Crippen molar-refractivity contribution in [2.24, 2.45) is 22.7 Å². The predicted molar refractivity (Wildman–Crippen MR) is 135 cm³/mol. The molecule has 2 aliphatic carbocycles. The minimum absolute atomic E-state index is 0.430. The first-order valence-corrected chi connectivity index (χ1v) is 14.0. The standard InChI is InChI=1S/C28H54S/c1-9-11-19-27(21-15-13-17-23(27)25(3,4)5)29-28(20-12-10-2)22-16-14-18-24(28)26(6,7)8/h23-24H,9-22H2,1-8H3. The van der Waals surface area contributed by atoms with Gasteiger partial charge < -0.3 is 0 Å². The Hall–Kier alpha value is 0.350. The van der Waals surface area contributed by atoms with Crippen LogP contribution in [0.25, 0.3) is 0 Å². The van der Waals surface area contributed by atoms with E-state index in [2.05, 4.69) is 67.2 Å². The molecule has 0 heterocycles. The molecule has 0 bridgehead atoms. The summed E-state index contributed by atoms with van der Waals surface area (Å²) in [7, 11) is 0. The van der Waals surface area contributed by atoms with Crippen LogP contribution in [0, 0.1) is 22.7 Å². The molecule has 0 spiro atoms. The van der Waals surface area contributed by atoms with Crippen molar-refractivity contribution in [1.29, 1.82) is 0 Å². The average Bonchev–Trinajstić information content (AvgIpc) is 2.64. The maximum Gasteiger partial charge on any atom is 0.0198 e. The van der Waals surface area contributed by atoms with Crippen LogP contribution < -0.4 is 0 Å². The minimum atomic E-state index is 0.430. The maximum absolute atomic E-state index is 2.59. The van der Waals surface area contributed by atoms with Crippen molar-refractivity contribution in [2.45, 2.75) is 155 Å². The highest BCUT2D eigenvalue weighted by Gasteiger charge is 2.54.